The number of benzene rings is 1. The van der Waals surface area contributed by atoms with E-state index in [9.17, 15) is 9.90 Å². The van der Waals surface area contributed by atoms with Gasteiger partial charge in [0, 0.05) is 5.97 Å². The van der Waals surface area contributed by atoms with Crippen LogP contribution in [0.25, 0.3) is 0 Å². The van der Waals surface area contributed by atoms with E-state index in [2.05, 4.69) is 12.1 Å². The van der Waals surface area contributed by atoms with Crippen LogP contribution in [0.3, 0.4) is 0 Å². The minimum absolute atomic E-state index is 0.134. The molecule has 0 bridgehead atoms. The van der Waals surface area contributed by atoms with E-state index in [1.54, 1.807) is 0 Å². The summed E-state index contributed by atoms with van der Waals surface area (Å²) in [6.45, 7) is 4.07. The van der Waals surface area contributed by atoms with E-state index in [-0.39, 0.29) is 12.3 Å². The predicted octanol–water partition coefficient (Wildman–Crippen LogP) is 1.63. The van der Waals surface area contributed by atoms with E-state index in [1.165, 1.54) is 11.1 Å². The first-order valence-corrected chi connectivity index (χ1v) is 4.86. The molecular weight excluding hydrogens is 176 g/mol. The molecule has 0 aliphatic heterocycles. The van der Waals surface area contributed by atoms with Gasteiger partial charge in [0.1, 0.15) is 0 Å². The van der Waals surface area contributed by atoms with Gasteiger partial charge in [0.2, 0.25) is 0 Å². The normalized spacial score (nSPS) is 12.4. The third-order valence-electron chi connectivity index (χ3n) is 2.43. The maximum absolute atomic E-state index is 10.3. The molecule has 0 radical (unpaired) electrons. The molecule has 0 fully saturated rings. The van der Waals surface area contributed by atoms with Crippen LogP contribution in [0.2, 0.25) is 0 Å². The zero-order valence-corrected chi connectivity index (χ0v) is 8.62. The Kier molecular flexibility index (Phi) is 3.69. The van der Waals surface area contributed by atoms with E-state index in [1.807, 2.05) is 26.0 Å². The Morgan fingerprint density at radius 1 is 1.36 bits per heavy atom. The van der Waals surface area contributed by atoms with Gasteiger partial charge in [0.15, 0.2) is 0 Å². The summed E-state index contributed by atoms with van der Waals surface area (Å²) in [5, 5.41) is 10.3. The first kappa shape index (κ1) is 10.8. The quantitative estimate of drug-likeness (QED) is 0.725. The van der Waals surface area contributed by atoms with Crippen LogP contribution in [0.5, 0.6) is 0 Å². The van der Waals surface area contributed by atoms with Gasteiger partial charge in [0.25, 0.3) is 0 Å². The largest absolute Gasteiger partial charge is 0.550 e. The van der Waals surface area contributed by atoms with Crippen molar-refractivity contribution in [2.45, 2.75) is 32.6 Å². The lowest BCUT2D eigenvalue weighted by Gasteiger charge is -2.12. The van der Waals surface area contributed by atoms with Crippen LogP contribution in [0.4, 0.5) is 0 Å². The zero-order valence-electron chi connectivity index (χ0n) is 8.62. The van der Waals surface area contributed by atoms with Crippen molar-refractivity contribution in [3.8, 4) is 0 Å². The Morgan fingerprint density at radius 3 is 2.43 bits per heavy atom. The highest BCUT2D eigenvalue weighted by Gasteiger charge is 2.04. The molecule has 14 heavy (non-hydrogen) atoms. The Balaban J connectivity index is 2.56. The van der Waals surface area contributed by atoms with Crippen molar-refractivity contribution in [2.75, 3.05) is 0 Å². The summed E-state index contributed by atoms with van der Waals surface area (Å²) in [5.41, 5.74) is 2.41. The molecule has 0 spiro atoms. The minimum Gasteiger partial charge on any atom is -0.550 e. The fourth-order valence-corrected chi connectivity index (χ4v) is 1.40. The highest BCUT2D eigenvalue weighted by atomic mass is 16.4. The maximum atomic E-state index is 10.3. The smallest absolute Gasteiger partial charge is 0.0414 e. The molecule has 2 heteroatoms. The summed E-state index contributed by atoms with van der Waals surface area (Å²) in [7, 11) is 0. The standard InChI is InChI=1S/C12H16O2/c1-9-3-6-11(7-4-9)10(2)5-8-12(13)14/h3-4,6-7,10H,5,8H2,1-2H3,(H,13,14)/p-1. The fourth-order valence-electron chi connectivity index (χ4n) is 1.40. The van der Waals surface area contributed by atoms with E-state index < -0.39 is 5.97 Å². The number of carbonyl (C=O) groups is 1. The van der Waals surface area contributed by atoms with E-state index in [0.29, 0.717) is 6.42 Å². The van der Waals surface area contributed by atoms with Gasteiger partial charge in [-0.25, -0.2) is 0 Å². The third kappa shape index (κ3) is 3.21. The van der Waals surface area contributed by atoms with Crippen LogP contribution in [0, 0.1) is 6.92 Å². The van der Waals surface area contributed by atoms with Gasteiger partial charge >= 0.3 is 0 Å². The van der Waals surface area contributed by atoms with Crippen molar-refractivity contribution in [2.24, 2.45) is 0 Å². The number of carbonyl (C=O) groups excluding carboxylic acids is 1. The average molecular weight is 191 g/mol. The maximum Gasteiger partial charge on any atom is 0.0414 e. The summed E-state index contributed by atoms with van der Waals surface area (Å²) in [6, 6.07) is 8.19. The van der Waals surface area contributed by atoms with Crippen LogP contribution in [-0.4, -0.2) is 5.97 Å². The molecule has 0 aliphatic carbocycles. The topological polar surface area (TPSA) is 40.1 Å². The van der Waals surface area contributed by atoms with Gasteiger partial charge in [-0.05, 0) is 31.2 Å². The molecule has 0 aliphatic rings. The summed E-state index contributed by atoms with van der Waals surface area (Å²) < 4.78 is 0. The van der Waals surface area contributed by atoms with Crippen LogP contribution in [0.1, 0.15) is 36.8 Å². The molecule has 2 nitrogen and oxygen atoms in total. The summed E-state index contributed by atoms with van der Waals surface area (Å²) >= 11 is 0. The molecule has 0 aromatic heterocycles. The third-order valence-corrected chi connectivity index (χ3v) is 2.43. The first-order valence-electron chi connectivity index (χ1n) is 4.86. The lowest BCUT2D eigenvalue weighted by molar-refractivity contribution is -0.305. The molecule has 0 N–H and O–H groups in total. The Morgan fingerprint density at radius 2 is 1.93 bits per heavy atom. The zero-order chi connectivity index (χ0) is 10.6. The predicted molar refractivity (Wildman–Crippen MR) is 53.8 cm³/mol. The number of aryl methyl sites for hydroxylation is 1. The van der Waals surface area contributed by atoms with Crippen molar-refractivity contribution in [1.82, 2.24) is 0 Å². The average Bonchev–Trinajstić information content (AvgIpc) is 2.15. The Hall–Kier alpha value is -1.31. The van der Waals surface area contributed by atoms with Crippen molar-refractivity contribution in [3.05, 3.63) is 35.4 Å². The van der Waals surface area contributed by atoms with Gasteiger partial charge in [-0.1, -0.05) is 36.8 Å². The molecular formula is C12H15O2-. The Bertz CT molecular complexity index is 301. The van der Waals surface area contributed by atoms with E-state index in [4.69, 9.17) is 0 Å². The molecule has 1 aromatic carbocycles. The van der Waals surface area contributed by atoms with E-state index in [0.717, 1.165) is 0 Å². The van der Waals surface area contributed by atoms with Crippen LogP contribution in [0.15, 0.2) is 24.3 Å². The van der Waals surface area contributed by atoms with Gasteiger partial charge < -0.3 is 9.90 Å². The SMILES string of the molecule is Cc1ccc(C(C)CCC(=O)[O-])cc1. The fraction of sp³-hybridized carbons (Fsp3) is 0.417. The first-order chi connectivity index (χ1) is 6.59. The molecule has 1 aromatic rings. The van der Waals surface area contributed by atoms with Crippen molar-refractivity contribution >= 4 is 5.97 Å². The number of carboxylic acids is 1. The second-order valence-corrected chi connectivity index (χ2v) is 3.72. The molecule has 0 heterocycles. The molecule has 0 amide bonds. The van der Waals surface area contributed by atoms with Crippen LogP contribution < -0.4 is 5.11 Å². The van der Waals surface area contributed by atoms with Gasteiger partial charge in [-0.15, -0.1) is 0 Å². The minimum atomic E-state index is -0.969. The summed E-state index contributed by atoms with van der Waals surface area (Å²) in [5.74, 6) is -0.683. The summed E-state index contributed by atoms with van der Waals surface area (Å²) in [6.07, 6.45) is 0.778. The number of carboxylic acid groups (broad SMARTS) is 1. The van der Waals surface area contributed by atoms with Crippen LogP contribution in [-0.2, 0) is 4.79 Å². The second-order valence-electron chi connectivity index (χ2n) is 3.72. The molecule has 1 rings (SSSR count). The number of rotatable bonds is 4. The number of aliphatic carboxylic acids is 1. The van der Waals surface area contributed by atoms with Crippen molar-refractivity contribution in [1.29, 1.82) is 0 Å². The highest BCUT2D eigenvalue weighted by Crippen LogP contribution is 2.20. The molecule has 0 saturated heterocycles. The molecule has 1 atom stereocenters. The van der Waals surface area contributed by atoms with Crippen molar-refractivity contribution in [3.63, 3.8) is 0 Å². The highest BCUT2D eigenvalue weighted by molar-refractivity contribution is 5.64. The molecule has 1 unspecified atom stereocenters. The molecule has 76 valence electrons. The van der Waals surface area contributed by atoms with Crippen LogP contribution >= 0.6 is 0 Å². The van der Waals surface area contributed by atoms with Gasteiger partial charge in [-0.2, -0.15) is 0 Å². The lowest BCUT2D eigenvalue weighted by Crippen LogP contribution is -2.22. The van der Waals surface area contributed by atoms with Crippen molar-refractivity contribution < 1.29 is 9.90 Å². The number of hydrogen-bond donors (Lipinski definition) is 0. The summed E-state index contributed by atoms with van der Waals surface area (Å²) in [4.78, 5) is 10.3. The second kappa shape index (κ2) is 4.80. The Labute approximate surface area is 84.6 Å². The van der Waals surface area contributed by atoms with Gasteiger partial charge in [0.05, 0.1) is 0 Å². The lowest BCUT2D eigenvalue weighted by atomic mass is 9.95. The number of hydrogen-bond acceptors (Lipinski definition) is 2. The monoisotopic (exact) mass is 191 g/mol. The molecule has 0 saturated carbocycles. The van der Waals surface area contributed by atoms with Gasteiger partial charge in [-0.3, -0.25) is 0 Å². The van der Waals surface area contributed by atoms with E-state index >= 15 is 0 Å².